The number of phenolic OH excluding ortho intramolecular Hbond substituents is 1. The first-order valence-corrected chi connectivity index (χ1v) is 7.16. The summed E-state index contributed by atoms with van der Waals surface area (Å²) in [4.78, 5) is 0. The highest BCUT2D eigenvalue weighted by Gasteiger charge is 2.12. The number of benzene rings is 1. The van der Waals surface area contributed by atoms with Crippen molar-refractivity contribution in [3.63, 3.8) is 0 Å². The van der Waals surface area contributed by atoms with Gasteiger partial charge >= 0.3 is 0 Å². The molecule has 2 nitrogen and oxygen atoms in total. The standard InChI is InChI=1S/C13H18FNOS/c14-12-5-11(6-13(16)7-12)9-15-8-10-1-3-17-4-2-10/h5-7,10,15-16H,1-4,8-9H2. The monoisotopic (exact) mass is 255 g/mol. The van der Waals surface area contributed by atoms with E-state index >= 15 is 0 Å². The number of nitrogens with one attached hydrogen (secondary N) is 1. The van der Waals surface area contributed by atoms with Crippen LogP contribution < -0.4 is 5.32 Å². The molecule has 0 aromatic heterocycles. The van der Waals surface area contributed by atoms with Gasteiger partial charge in [0.25, 0.3) is 0 Å². The van der Waals surface area contributed by atoms with Crippen LogP contribution in [0, 0.1) is 11.7 Å². The van der Waals surface area contributed by atoms with Crippen LogP contribution in [0.15, 0.2) is 18.2 Å². The molecular formula is C13H18FNOS. The van der Waals surface area contributed by atoms with Crippen LogP contribution in [-0.4, -0.2) is 23.2 Å². The van der Waals surface area contributed by atoms with E-state index in [1.165, 1.54) is 30.4 Å². The second-order valence-corrected chi connectivity index (χ2v) is 5.73. The topological polar surface area (TPSA) is 32.3 Å². The van der Waals surface area contributed by atoms with Crippen LogP contribution in [0.4, 0.5) is 4.39 Å². The van der Waals surface area contributed by atoms with Gasteiger partial charge in [-0.3, -0.25) is 0 Å². The lowest BCUT2D eigenvalue weighted by atomic mass is 10.0. The molecule has 1 heterocycles. The Kier molecular flexibility index (Phi) is 4.68. The minimum atomic E-state index is -0.379. The number of rotatable bonds is 4. The average molecular weight is 255 g/mol. The van der Waals surface area contributed by atoms with Crippen LogP contribution in [0.3, 0.4) is 0 Å². The third-order valence-electron chi connectivity index (χ3n) is 3.05. The van der Waals surface area contributed by atoms with Crippen molar-refractivity contribution in [2.75, 3.05) is 18.1 Å². The number of hydrogen-bond acceptors (Lipinski definition) is 3. The lowest BCUT2D eigenvalue weighted by Gasteiger charge is -2.21. The number of aromatic hydroxyl groups is 1. The molecule has 4 heteroatoms. The lowest BCUT2D eigenvalue weighted by molar-refractivity contribution is 0.445. The molecule has 0 bridgehead atoms. The van der Waals surface area contributed by atoms with Gasteiger partial charge in [-0.25, -0.2) is 4.39 Å². The van der Waals surface area contributed by atoms with E-state index in [4.69, 9.17) is 0 Å². The molecule has 2 N–H and O–H groups in total. The molecule has 0 aliphatic carbocycles. The molecule has 0 saturated carbocycles. The van der Waals surface area contributed by atoms with E-state index in [-0.39, 0.29) is 11.6 Å². The summed E-state index contributed by atoms with van der Waals surface area (Å²) in [6, 6.07) is 4.19. The van der Waals surface area contributed by atoms with Gasteiger partial charge < -0.3 is 10.4 Å². The molecule has 0 unspecified atom stereocenters. The molecule has 1 fully saturated rings. The van der Waals surface area contributed by atoms with Gasteiger partial charge in [0.15, 0.2) is 0 Å². The fourth-order valence-corrected chi connectivity index (χ4v) is 3.31. The van der Waals surface area contributed by atoms with Crippen LogP contribution in [0.1, 0.15) is 18.4 Å². The summed E-state index contributed by atoms with van der Waals surface area (Å²) in [6.45, 7) is 1.60. The van der Waals surface area contributed by atoms with Crippen LogP contribution in [0.2, 0.25) is 0 Å². The number of phenols is 1. The molecule has 2 rings (SSSR count). The Bertz CT molecular complexity index is 346. The SMILES string of the molecule is Oc1cc(F)cc(CNCC2CCSCC2)c1. The van der Waals surface area contributed by atoms with Crippen LogP contribution in [0.5, 0.6) is 5.75 Å². The Balaban J connectivity index is 1.77. The molecule has 0 atom stereocenters. The zero-order valence-corrected chi connectivity index (χ0v) is 10.6. The van der Waals surface area contributed by atoms with Crippen molar-refractivity contribution < 1.29 is 9.50 Å². The molecule has 1 aliphatic heterocycles. The van der Waals surface area contributed by atoms with Gasteiger partial charge in [0, 0.05) is 12.6 Å². The predicted molar refractivity (Wildman–Crippen MR) is 69.8 cm³/mol. The molecule has 1 aromatic carbocycles. The molecule has 17 heavy (non-hydrogen) atoms. The summed E-state index contributed by atoms with van der Waals surface area (Å²) >= 11 is 2.02. The van der Waals surface area contributed by atoms with Crippen molar-refractivity contribution in [3.8, 4) is 5.75 Å². The maximum absolute atomic E-state index is 13.0. The number of thioether (sulfide) groups is 1. The summed E-state index contributed by atoms with van der Waals surface area (Å²) in [5, 5.41) is 12.6. The Morgan fingerprint density at radius 1 is 1.29 bits per heavy atom. The fourth-order valence-electron chi connectivity index (χ4n) is 2.11. The highest BCUT2D eigenvalue weighted by molar-refractivity contribution is 7.99. The molecule has 94 valence electrons. The Labute approximate surface area is 106 Å². The third-order valence-corrected chi connectivity index (χ3v) is 4.09. The van der Waals surface area contributed by atoms with Gasteiger partial charge in [-0.15, -0.1) is 0 Å². The van der Waals surface area contributed by atoms with E-state index in [1.54, 1.807) is 6.07 Å². The van der Waals surface area contributed by atoms with Gasteiger partial charge in [0.05, 0.1) is 0 Å². The van der Waals surface area contributed by atoms with Crippen molar-refractivity contribution in [1.29, 1.82) is 0 Å². The van der Waals surface area contributed by atoms with Gasteiger partial charge in [-0.2, -0.15) is 11.8 Å². The number of halogens is 1. The first-order valence-electron chi connectivity index (χ1n) is 6.01. The largest absolute Gasteiger partial charge is 0.508 e. The number of hydrogen-bond donors (Lipinski definition) is 2. The van der Waals surface area contributed by atoms with E-state index in [9.17, 15) is 9.50 Å². The normalized spacial score (nSPS) is 17.2. The highest BCUT2D eigenvalue weighted by atomic mass is 32.2. The first kappa shape index (κ1) is 12.7. The van der Waals surface area contributed by atoms with Crippen molar-refractivity contribution in [2.45, 2.75) is 19.4 Å². The van der Waals surface area contributed by atoms with Gasteiger partial charge in [-0.1, -0.05) is 0 Å². The van der Waals surface area contributed by atoms with E-state index in [2.05, 4.69) is 5.32 Å². The fraction of sp³-hybridized carbons (Fsp3) is 0.538. The summed E-state index contributed by atoms with van der Waals surface area (Å²) in [7, 11) is 0. The average Bonchev–Trinajstić information content (AvgIpc) is 2.29. The van der Waals surface area contributed by atoms with E-state index < -0.39 is 0 Å². The van der Waals surface area contributed by atoms with Crippen LogP contribution in [-0.2, 0) is 6.54 Å². The second-order valence-electron chi connectivity index (χ2n) is 4.50. The summed E-state index contributed by atoms with van der Waals surface area (Å²) < 4.78 is 13.0. The van der Waals surface area contributed by atoms with E-state index in [1.807, 2.05) is 11.8 Å². The van der Waals surface area contributed by atoms with Gasteiger partial charge in [0.1, 0.15) is 11.6 Å². The zero-order valence-electron chi connectivity index (χ0n) is 9.79. The smallest absolute Gasteiger partial charge is 0.127 e. The first-order chi connectivity index (χ1) is 8.24. The molecule has 0 amide bonds. The van der Waals surface area contributed by atoms with E-state index in [0.29, 0.717) is 6.54 Å². The third kappa shape index (κ3) is 4.21. The van der Waals surface area contributed by atoms with Crippen molar-refractivity contribution in [1.82, 2.24) is 5.32 Å². The molecule has 1 saturated heterocycles. The molecule has 0 radical (unpaired) electrons. The predicted octanol–water partition coefficient (Wildman–Crippen LogP) is 2.76. The molecule has 0 spiro atoms. The maximum atomic E-state index is 13.0. The Morgan fingerprint density at radius 2 is 2.06 bits per heavy atom. The van der Waals surface area contributed by atoms with Gasteiger partial charge in [0.2, 0.25) is 0 Å². The maximum Gasteiger partial charge on any atom is 0.127 e. The minimum Gasteiger partial charge on any atom is -0.508 e. The Hall–Kier alpha value is -0.740. The zero-order chi connectivity index (χ0) is 12.1. The van der Waals surface area contributed by atoms with Crippen LogP contribution >= 0.6 is 11.8 Å². The Morgan fingerprint density at radius 3 is 2.76 bits per heavy atom. The summed E-state index contributed by atoms with van der Waals surface area (Å²) in [5.74, 6) is 2.88. The van der Waals surface area contributed by atoms with Gasteiger partial charge in [-0.05, 0) is 54.5 Å². The molecule has 1 aromatic rings. The lowest BCUT2D eigenvalue weighted by Crippen LogP contribution is -2.25. The molecular weight excluding hydrogens is 237 g/mol. The summed E-state index contributed by atoms with van der Waals surface area (Å²) in [6.07, 6.45) is 2.54. The van der Waals surface area contributed by atoms with Crippen molar-refractivity contribution in [3.05, 3.63) is 29.6 Å². The van der Waals surface area contributed by atoms with Crippen molar-refractivity contribution >= 4 is 11.8 Å². The van der Waals surface area contributed by atoms with Crippen LogP contribution in [0.25, 0.3) is 0 Å². The second kappa shape index (κ2) is 6.26. The van der Waals surface area contributed by atoms with Crippen molar-refractivity contribution in [2.24, 2.45) is 5.92 Å². The highest BCUT2D eigenvalue weighted by Crippen LogP contribution is 2.22. The summed E-state index contributed by atoms with van der Waals surface area (Å²) in [5.41, 5.74) is 0.799. The quantitative estimate of drug-likeness (QED) is 0.867. The minimum absolute atomic E-state index is 0.00383. The molecule has 1 aliphatic rings. The van der Waals surface area contributed by atoms with E-state index in [0.717, 1.165) is 24.1 Å².